The molecule has 0 saturated carbocycles. The Morgan fingerprint density at radius 2 is 1.88 bits per heavy atom. The molecule has 3 N–H and O–H groups in total. The smallest absolute Gasteiger partial charge is 0.252 e. The molecular weight excluding hydrogens is 568 g/mol. The topological polar surface area (TPSA) is 152 Å². The van der Waals surface area contributed by atoms with E-state index in [0.29, 0.717) is 39.3 Å². The zero-order chi connectivity index (χ0) is 29.8. The van der Waals surface area contributed by atoms with E-state index in [9.17, 15) is 14.7 Å². The average Bonchev–Trinajstić information content (AvgIpc) is 3.55. The summed E-state index contributed by atoms with van der Waals surface area (Å²) >= 11 is 6.22. The monoisotopic (exact) mass is 590 g/mol. The third-order valence-corrected chi connectivity index (χ3v) is 7.02. The molecule has 3 heterocycles. The van der Waals surface area contributed by atoms with Crippen LogP contribution in [-0.4, -0.2) is 46.4 Å². The van der Waals surface area contributed by atoms with E-state index in [4.69, 9.17) is 11.6 Å². The van der Waals surface area contributed by atoms with Crippen molar-refractivity contribution in [3.8, 4) is 22.6 Å². The van der Waals surface area contributed by atoms with Crippen LogP contribution >= 0.6 is 11.6 Å². The van der Waals surface area contributed by atoms with Crippen molar-refractivity contribution in [3.05, 3.63) is 130 Å². The lowest BCUT2D eigenvalue weighted by atomic mass is 9.99. The summed E-state index contributed by atoms with van der Waals surface area (Å²) in [6.45, 7) is 0. The molecule has 1 unspecified atom stereocenters. The summed E-state index contributed by atoms with van der Waals surface area (Å²) in [6, 6.07) is 22.7. The van der Waals surface area contributed by atoms with E-state index in [1.165, 1.54) is 17.1 Å². The summed E-state index contributed by atoms with van der Waals surface area (Å²) in [5, 5.41) is 34.2. The van der Waals surface area contributed by atoms with Crippen LogP contribution in [0.15, 0.2) is 102 Å². The van der Waals surface area contributed by atoms with E-state index in [1.54, 1.807) is 42.6 Å². The van der Waals surface area contributed by atoms with Crippen LogP contribution in [0.25, 0.3) is 33.8 Å². The van der Waals surface area contributed by atoms with Gasteiger partial charge in [0.2, 0.25) is 5.91 Å². The molecule has 1 amide bonds. The molecule has 0 radical (unpaired) electrons. The Hall–Kier alpha value is -5.68. The lowest BCUT2D eigenvalue weighted by Crippen LogP contribution is -2.29. The number of tetrazole rings is 1. The molecule has 0 bridgehead atoms. The van der Waals surface area contributed by atoms with Crippen LogP contribution < -0.4 is 10.9 Å². The van der Waals surface area contributed by atoms with Crippen LogP contribution in [0.2, 0.25) is 5.02 Å². The Morgan fingerprint density at radius 1 is 1.02 bits per heavy atom. The predicted octanol–water partition coefficient (Wildman–Crippen LogP) is 4.43. The van der Waals surface area contributed by atoms with Gasteiger partial charge in [-0.3, -0.25) is 9.59 Å². The van der Waals surface area contributed by atoms with Crippen LogP contribution in [0.3, 0.4) is 0 Å². The van der Waals surface area contributed by atoms with E-state index in [-0.39, 0.29) is 17.2 Å². The number of benzene rings is 3. The number of pyridine rings is 1. The molecule has 0 aliphatic rings. The van der Waals surface area contributed by atoms with Crippen molar-refractivity contribution < 1.29 is 9.90 Å². The molecule has 0 aliphatic carbocycles. The lowest BCUT2D eigenvalue weighted by molar-refractivity contribution is -0.117. The summed E-state index contributed by atoms with van der Waals surface area (Å²) in [6.07, 6.45) is 6.59. The highest BCUT2D eigenvalue weighted by molar-refractivity contribution is 6.30. The molecule has 6 aromatic rings. The number of halogens is 1. The highest BCUT2D eigenvalue weighted by Crippen LogP contribution is 2.29. The third kappa shape index (κ3) is 6.31. The summed E-state index contributed by atoms with van der Waals surface area (Å²) in [4.78, 5) is 27.7. The van der Waals surface area contributed by atoms with Gasteiger partial charge in [-0.25, -0.2) is 0 Å². The van der Waals surface area contributed by atoms with Crippen molar-refractivity contribution in [2.45, 2.75) is 12.5 Å². The van der Waals surface area contributed by atoms with Gasteiger partial charge in [0, 0.05) is 33.7 Å². The van der Waals surface area contributed by atoms with Crippen molar-refractivity contribution in [2.24, 2.45) is 0 Å². The third-order valence-electron chi connectivity index (χ3n) is 6.78. The van der Waals surface area contributed by atoms with Gasteiger partial charge in [-0.1, -0.05) is 48.0 Å². The summed E-state index contributed by atoms with van der Waals surface area (Å²) in [7, 11) is 0. The Balaban J connectivity index is 1.31. The first-order valence-electron chi connectivity index (χ1n) is 13.2. The van der Waals surface area contributed by atoms with E-state index in [0.717, 1.165) is 22.8 Å². The Kier molecular flexibility index (Phi) is 7.70. The first-order chi connectivity index (χ1) is 20.9. The van der Waals surface area contributed by atoms with Crippen molar-refractivity contribution >= 4 is 34.5 Å². The quantitative estimate of drug-likeness (QED) is 0.220. The molecule has 212 valence electrons. The number of nitrogens with zero attached hydrogens (tertiary/aromatic N) is 6. The van der Waals surface area contributed by atoms with E-state index >= 15 is 0 Å². The van der Waals surface area contributed by atoms with Gasteiger partial charge in [0.1, 0.15) is 12.1 Å². The number of aromatic amines is 1. The molecular formula is C31H23ClN8O3. The maximum absolute atomic E-state index is 13.3. The zero-order valence-corrected chi connectivity index (χ0v) is 23.2. The highest BCUT2D eigenvalue weighted by Gasteiger charge is 2.18. The molecule has 11 nitrogen and oxygen atoms in total. The van der Waals surface area contributed by atoms with Crippen molar-refractivity contribution in [2.75, 3.05) is 0 Å². The maximum Gasteiger partial charge on any atom is 0.252 e. The summed E-state index contributed by atoms with van der Waals surface area (Å²) < 4.78 is 1.48. The number of nitrogens with one attached hydrogen (secondary N) is 2. The van der Waals surface area contributed by atoms with Crippen molar-refractivity contribution in [1.29, 1.82) is 0 Å². The minimum Gasteiger partial charge on any atom is -0.507 e. The van der Waals surface area contributed by atoms with Crippen LogP contribution in [0.1, 0.15) is 22.9 Å². The van der Waals surface area contributed by atoms with Gasteiger partial charge < -0.3 is 15.4 Å². The Bertz CT molecular complexity index is 2010. The second kappa shape index (κ2) is 12.0. The number of aromatic nitrogens is 7. The molecule has 3 aromatic heterocycles. The number of aromatic hydroxyl groups is 1. The van der Waals surface area contributed by atoms with Gasteiger partial charge in [-0.2, -0.15) is 14.9 Å². The molecule has 6 rings (SSSR count). The fourth-order valence-electron chi connectivity index (χ4n) is 4.73. The minimum absolute atomic E-state index is 0.119. The maximum atomic E-state index is 13.3. The number of fused-ring (bicyclic) bond motifs is 1. The highest BCUT2D eigenvalue weighted by atomic mass is 35.5. The number of hydrogen-bond donors (Lipinski definition) is 3. The van der Waals surface area contributed by atoms with Crippen LogP contribution in [0.4, 0.5) is 0 Å². The Labute approximate surface area is 249 Å². The number of hydrogen-bond acceptors (Lipinski definition) is 8. The van der Waals surface area contributed by atoms with Gasteiger partial charge >= 0.3 is 0 Å². The number of carbonyl (C=O) groups excluding carboxylic acids is 1. The first-order valence-corrected chi connectivity index (χ1v) is 13.6. The molecule has 0 aliphatic heterocycles. The summed E-state index contributed by atoms with van der Waals surface area (Å²) in [5.74, 6) is -0.470. The number of amides is 1. The fourth-order valence-corrected chi connectivity index (χ4v) is 4.91. The zero-order valence-electron chi connectivity index (χ0n) is 22.4. The molecule has 0 fully saturated rings. The first kappa shape index (κ1) is 27.5. The van der Waals surface area contributed by atoms with Crippen LogP contribution in [0.5, 0.6) is 5.75 Å². The summed E-state index contributed by atoms with van der Waals surface area (Å²) in [5.41, 5.74) is 4.46. The van der Waals surface area contributed by atoms with Crippen molar-refractivity contribution in [3.63, 3.8) is 0 Å². The number of rotatable bonds is 8. The van der Waals surface area contributed by atoms with Gasteiger partial charge in [0.15, 0.2) is 0 Å². The van der Waals surface area contributed by atoms with E-state index in [1.807, 2.05) is 42.5 Å². The van der Waals surface area contributed by atoms with E-state index in [2.05, 4.69) is 36.0 Å². The van der Waals surface area contributed by atoms with Crippen LogP contribution in [-0.2, 0) is 11.2 Å². The van der Waals surface area contributed by atoms with Crippen molar-refractivity contribution in [1.82, 2.24) is 40.7 Å². The van der Waals surface area contributed by atoms with Gasteiger partial charge in [-0.15, -0.1) is 5.10 Å². The van der Waals surface area contributed by atoms with Gasteiger partial charge in [0.05, 0.1) is 29.1 Å². The fraction of sp³-hybridized carbons (Fsp3) is 0.0645. The predicted molar refractivity (Wildman–Crippen MR) is 161 cm³/mol. The minimum atomic E-state index is -0.518. The molecule has 3 aromatic carbocycles. The van der Waals surface area contributed by atoms with Gasteiger partial charge in [0.25, 0.3) is 5.56 Å². The van der Waals surface area contributed by atoms with E-state index < -0.39 is 6.04 Å². The second-order valence-corrected chi connectivity index (χ2v) is 10.1. The second-order valence-electron chi connectivity index (χ2n) is 9.69. The molecule has 43 heavy (non-hydrogen) atoms. The molecule has 0 spiro atoms. The largest absolute Gasteiger partial charge is 0.507 e. The molecule has 12 heteroatoms. The van der Waals surface area contributed by atoms with Gasteiger partial charge in [-0.05, 0) is 70.4 Å². The SMILES string of the molecule is O=C(C=Cc1cc(Cl)ccc1-n1cnnn1)NC(Cc1ccccc1)c1cc(-c2ccc3[nH]c(=O)cc(O)c3c2)cnn1. The average molecular weight is 591 g/mol. The standard InChI is InChI=1S/C31H23ClN8O3/c32-23-8-10-28(40-18-34-38-39-40)21(13-23)7-11-30(42)36-26(12-19-4-2-1-3-5-19)27-15-22(17-33-37-27)20-6-9-25-24(14-20)29(41)16-31(43)35-25/h1-11,13-18,26H,12H2,(H,36,42)(H2,35,41,43). The molecule has 0 saturated heterocycles. The Morgan fingerprint density at radius 3 is 2.70 bits per heavy atom. The molecule has 1 atom stereocenters. The number of H-pyrrole nitrogens is 1. The lowest BCUT2D eigenvalue weighted by Gasteiger charge is -2.18. The van der Waals surface area contributed by atoms with Crippen LogP contribution in [0, 0.1) is 0 Å². The number of carbonyl (C=O) groups is 1. The normalized spacial score (nSPS) is 12.0.